The Morgan fingerprint density at radius 1 is 1.42 bits per heavy atom. The maximum atomic E-state index is 6.09. The third-order valence-corrected chi connectivity index (χ3v) is 5.95. The molecular weight excluding hydrogens is 346 g/mol. The van der Waals surface area contributed by atoms with Crippen LogP contribution < -0.4 is 5.32 Å². The van der Waals surface area contributed by atoms with Crippen molar-refractivity contribution in [2.75, 3.05) is 39.4 Å². The summed E-state index contributed by atoms with van der Waals surface area (Å²) in [6, 6.07) is 2.20. The molecule has 2 unspecified atom stereocenters. The van der Waals surface area contributed by atoms with Gasteiger partial charge in [0, 0.05) is 38.7 Å². The molecule has 0 bridgehead atoms. The summed E-state index contributed by atoms with van der Waals surface area (Å²) >= 11 is 1.76. The predicted molar refractivity (Wildman–Crippen MR) is 108 cm³/mol. The van der Waals surface area contributed by atoms with Crippen LogP contribution in [-0.2, 0) is 9.47 Å². The van der Waals surface area contributed by atoms with Crippen LogP contribution in [0.5, 0.6) is 0 Å². The van der Waals surface area contributed by atoms with Gasteiger partial charge < -0.3 is 19.7 Å². The van der Waals surface area contributed by atoms with Crippen LogP contribution in [0.3, 0.4) is 0 Å². The summed E-state index contributed by atoms with van der Waals surface area (Å²) in [6.07, 6.45) is 5.15. The molecule has 26 heavy (non-hydrogen) atoms. The van der Waals surface area contributed by atoms with Gasteiger partial charge in [0.2, 0.25) is 0 Å². The number of aliphatic imine (C=N–C) groups is 1. The van der Waals surface area contributed by atoms with Crippen LogP contribution in [0.4, 0.5) is 0 Å². The topological polar surface area (TPSA) is 46.1 Å². The quantitative estimate of drug-likeness (QED) is 0.582. The van der Waals surface area contributed by atoms with Gasteiger partial charge in [-0.3, -0.25) is 4.99 Å². The molecule has 5 nitrogen and oxygen atoms in total. The monoisotopic (exact) mass is 379 g/mol. The van der Waals surface area contributed by atoms with Gasteiger partial charge in [-0.2, -0.15) is 11.3 Å². The number of hydrogen-bond donors (Lipinski definition) is 1. The summed E-state index contributed by atoms with van der Waals surface area (Å²) < 4.78 is 11.7. The Labute approximate surface area is 161 Å². The van der Waals surface area contributed by atoms with Crippen LogP contribution in [0.25, 0.3) is 0 Å². The first kappa shape index (κ1) is 19.6. The summed E-state index contributed by atoms with van der Waals surface area (Å²) in [5.41, 5.74) is 1.39. The van der Waals surface area contributed by atoms with Gasteiger partial charge in [-0.1, -0.05) is 6.92 Å². The number of nitrogens with one attached hydrogen (secondary N) is 1. The highest BCUT2D eigenvalue weighted by molar-refractivity contribution is 7.07. The second-order valence-corrected chi connectivity index (χ2v) is 8.09. The van der Waals surface area contributed by atoms with E-state index in [2.05, 4.69) is 40.9 Å². The average molecular weight is 380 g/mol. The first-order valence-electron chi connectivity index (χ1n) is 10.0. The molecule has 0 amide bonds. The summed E-state index contributed by atoms with van der Waals surface area (Å²) in [5.74, 6) is 1.51. The molecule has 6 heteroatoms. The summed E-state index contributed by atoms with van der Waals surface area (Å²) in [4.78, 5) is 7.29. The van der Waals surface area contributed by atoms with E-state index in [4.69, 9.17) is 14.5 Å². The minimum absolute atomic E-state index is 0.325. The van der Waals surface area contributed by atoms with Crippen LogP contribution in [-0.4, -0.2) is 62.5 Å². The Balaban J connectivity index is 1.45. The number of nitrogens with zero attached hydrogens (tertiary/aromatic N) is 2. The van der Waals surface area contributed by atoms with Gasteiger partial charge in [0.05, 0.1) is 18.8 Å². The molecule has 2 aliphatic heterocycles. The number of likely N-dealkylation sites (tertiary alicyclic amines) is 1. The maximum Gasteiger partial charge on any atom is 0.193 e. The lowest BCUT2D eigenvalue weighted by Crippen LogP contribution is -2.47. The second kappa shape index (κ2) is 10.3. The summed E-state index contributed by atoms with van der Waals surface area (Å²) in [6.45, 7) is 9.80. The molecule has 3 rings (SSSR count). The minimum Gasteiger partial charge on any atom is -0.376 e. The fourth-order valence-electron chi connectivity index (χ4n) is 3.56. The van der Waals surface area contributed by atoms with Crippen LogP contribution in [0.2, 0.25) is 0 Å². The van der Waals surface area contributed by atoms with E-state index in [9.17, 15) is 0 Å². The first-order valence-corrected chi connectivity index (χ1v) is 11.0. The molecule has 2 saturated heterocycles. The predicted octanol–water partition coefficient (Wildman–Crippen LogP) is 3.48. The average Bonchev–Trinajstić information content (AvgIpc) is 3.37. The van der Waals surface area contributed by atoms with Gasteiger partial charge in [-0.05, 0) is 55.0 Å². The highest BCUT2D eigenvalue weighted by Gasteiger charge is 2.24. The zero-order valence-corrected chi connectivity index (χ0v) is 17.0. The molecule has 0 saturated carbocycles. The van der Waals surface area contributed by atoms with Crippen molar-refractivity contribution in [2.24, 2.45) is 4.99 Å². The zero-order valence-electron chi connectivity index (χ0n) is 16.2. The van der Waals surface area contributed by atoms with Gasteiger partial charge in [0.1, 0.15) is 0 Å². The molecule has 146 valence electrons. The molecule has 3 heterocycles. The van der Waals surface area contributed by atoms with Gasteiger partial charge in [-0.25, -0.2) is 0 Å². The van der Waals surface area contributed by atoms with E-state index in [1.54, 1.807) is 11.3 Å². The molecule has 0 aromatic carbocycles. The number of guanidine groups is 1. The second-order valence-electron chi connectivity index (χ2n) is 7.31. The lowest BCUT2D eigenvalue weighted by atomic mass is 10.1. The molecule has 2 aliphatic rings. The van der Waals surface area contributed by atoms with E-state index in [0.717, 1.165) is 64.6 Å². The largest absolute Gasteiger partial charge is 0.376 e. The van der Waals surface area contributed by atoms with E-state index >= 15 is 0 Å². The van der Waals surface area contributed by atoms with Crippen molar-refractivity contribution in [1.29, 1.82) is 0 Å². The molecule has 1 aromatic rings. The third-order valence-electron chi connectivity index (χ3n) is 5.25. The van der Waals surface area contributed by atoms with Crippen LogP contribution in [0.15, 0.2) is 21.8 Å². The Morgan fingerprint density at radius 3 is 2.92 bits per heavy atom. The minimum atomic E-state index is 0.325. The van der Waals surface area contributed by atoms with Crippen molar-refractivity contribution in [2.45, 2.75) is 57.7 Å². The SMILES string of the molecule is CCNC(=NCC(C)c1ccsc1)N1CCC(OCC2CCCO2)CC1. The number of piperidine rings is 1. The molecule has 2 atom stereocenters. The normalized spacial score (nSPS) is 23.4. The molecule has 1 aromatic heterocycles. The van der Waals surface area contributed by atoms with Crippen molar-refractivity contribution in [3.63, 3.8) is 0 Å². The van der Waals surface area contributed by atoms with Gasteiger partial charge in [0.25, 0.3) is 0 Å². The summed E-state index contributed by atoms with van der Waals surface area (Å²) in [7, 11) is 0. The molecule has 1 N–H and O–H groups in total. The maximum absolute atomic E-state index is 6.09. The van der Waals surface area contributed by atoms with Crippen molar-refractivity contribution in [1.82, 2.24) is 10.2 Å². The fourth-order valence-corrected chi connectivity index (χ4v) is 4.35. The molecule has 0 aliphatic carbocycles. The van der Waals surface area contributed by atoms with Crippen molar-refractivity contribution in [3.05, 3.63) is 22.4 Å². The smallest absolute Gasteiger partial charge is 0.193 e. The van der Waals surface area contributed by atoms with E-state index in [0.29, 0.717) is 18.1 Å². The van der Waals surface area contributed by atoms with Crippen LogP contribution in [0, 0.1) is 0 Å². The molecule has 0 radical (unpaired) electrons. The van der Waals surface area contributed by atoms with Gasteiger partial charge >= 0.3 is 0 Å². The number of thiophene rings is 1. The lowest BCUT2D eigenvalue weighted by molar-refractivity contribution is -0.0367. The van der Waals surface area contributed by atoms with E-state index in [1.165, 1.54) is 12.0 Å². The lowest BCUT2D eigenvalue weighted by Gasteiger charge is -2.34. The zero-order chi connectivity index (χ0) is 18.2. The molecule has 2 fully saturated rings. The highest BCUT2D eigenvalue weighted by atomic mass is 32.1. The Kier molecular flexibility index (Phi) is 7.77. The van der Waals surface area contributed by atoms with E-state index in [-0.39, 0.29) is 0 Å². The Bertz CT molecular complexity index is 535. The summed E-state index contributed by atoms with van der Waals surface area (Å²) in [5, 5.41) is 7.83. The highest BCUT2D eigenvalue weighted by Crippen LogP contribution is 2.20. The van der Waals surface area contributed by atoms with Gasteiger partial charge in [-0.15, -0.1) is 0 Å². The number of rotatable bonds is 7. The van der Waals surface area contributed by atoms with Crippen molar-refractivity contribution >= 4 is 17.3 Å². The Hall–Kier alpha value is -1.11. The van der Waals surface area contributed by atoms with Gasteiger partial charge in [0.15, 0.2) is 5.96 Å². The van der Waals surface area contributed by atoms with Crippen LogP contribution >= 0.6 is 11.3 Å². The van der Waals surface area contributed by atoms with Crippen molar-refractivity contribution in [3.8, 4) is 0 Å². The van der Waals surface area contributed by atoms with E-state index < -0.39 is 0 Å². The first-order chi connectivity index (χ1) is 12.8. The molecule has 0 spiro atoms. The number of ether oxygens (including phenoxy) is 2. The van der Waals surface area contributed by atoms with E-state index in [1.807, 2.05) is 0 Å². The Morgan fingerprint density at radius 2 is 2.27 bits per heavy atom. The fraction of sp³-hybridized carbons (Fsp3) is 0.750. The molecular formula is C20H33N3O2S. The third kappa shape index (κ3) is 5.69. The van der Waals surface area contributed by atoms with Crippen molar-refractivity contribution < 1.29 is 9.47 Å². The van der Waals surface area contributed by atoms with Crippen LogP contribution in [0.1, 0.15) is 51.0 Å². The standard InChI is InChI=1S/C20H33N3O2S/c1-3-21-20(22-13-16(2)17-8-12-26-15-17)23-9-6-18(7-10-23)25-14-19-5-4-11-24-19/h8,12,15-16,18-19H,3-7,9-11,13-14H2,1-2H3,(H,21,22). The number of hydrogen-bond acceptors (Lipinski definition) is 4.